The second-order valence-electron chi connectivity index (χ2n) is 4.97. The fraction of sp³-hybridized carbons (Fsp3) is 0.235. The van der Waals surface area contributed by atoms with Crippen molar-refractivity contribution in [1.29, 1.82) is 0 Å². The molecule has 0 aliphatic heterocycles. The third kappa shape index (κ3) is 3.91. The fourth-order valence-electron chi connectivity index (χ4n) is 2.10. The Hall–Kier alpha value is -1.68. The van der Waals surface area contributed by atoms with Crippen LogP contribution in [0.1, 0.15) is 40.9 Å². The van der Waals surface area contributed by atoms with Crippen LogP contribution >= 0.6 is 15.9 Å². The Morgan fingerprint density at radius 3 is 2.48 bits per heavy atom. The first-order valence-corrected chi connectivity index (χ1v) is 7.63. The van der Waals surface area contributed by atoms with Crippen molar-refractivity contribution in [3.63, 3.8) is 0 Å². The maximum absolute atomic E-state index is 13.5. The first-order chi connectivity index (χ1) is 10.0. The van der Waals surface area contributed by atoms with E-state index in [2.05, 4.69) is 21.2 Å². The van der Waals surface area contributed by atoms with Crippen molar-refractivity contribution < 1.29 is 9.18 Å². The van der Waals surface area contributed by atoms with Crippen LogP contribution in [0, 0.1) is 12.7 Å². The highest BCUT2D eigenvalue weighted by Gasteiger charge is 2.15. The number of aryl methyl sites for hydroxylation is 1. The molecule has 0 heterocycles. The lowest BCUT2D eigenvalue weighted by molar-refractivity contribution is 0.0935. The van der Waals surface area contributed by atoms with Gasteiger partial charge < -0.3 is 5.32 Å². The molecule has 0 saturated carbocycles. The van der Waals surface area contributed by atoms with E-state index in [-0.39, 0.29) is 11.9 Å². The van der Waals surface area contributed by atoms with Crippen molar-refractivity contribution >= 4 is 21.8 Å². The Balaban J connectivity index is 2.15. The van der Waals surface area contributed by atoms with Gasteiger partial charge in [0.15, 0.2) is 0 Å². The lowest BCUT2D eigenvalue weighted by Gasteiger charge is -2.18. The van der Waals surface area contributed by atoms with Gasteiger partial charge in [-0.1, -0.05) is 36.8 Å². The van der Waals surface area contributed by atoms with Crippen molar-refractivity contribution in [3.05, 3.63) is 69.4 Å². The molecule has 4 heteroatoms. The number of hydrogen-bond acceptors (Lipinski definition) is 1. The van der Waals surface area contributed by atoms with Crippen molar-refractivity contribution in [3.8, 4) is 0 Å². The molecule has 2 aromatic carbocycles. The van der Waals surface area contributed by atoms with E-state index in [9.17, 15) is 9.18 Å². The van der Waals surface area contributed by atoms with E-state index < -0.39 is 5.82 Å². The summed E-state index contributed by atoms with van der Waals surface area (Å²) in [5.41, 5.74) is 2.55. The highest BCUT2D eigenvalue weighted by Crippen LogP contribution is 2.20. The summed E-state index contributed by atoms with van der Waals surface area (Å²) in [6, 6.07) is 12.3. The Labute approximate surface area is 132 Å². The van der Waals surface area contributed by atoms with Gasteiger partial charge in [0.05, 0.1) is 10.5 Å². The van der Waals surface area contributed by atoms with Gasteiger partial charge >= 0.3 is 0 Å². The van der Waals surface area contributed by atoms with E-state index in [1.165, 1.54) is 17.7 Å². The summed E-state index contributed by atoms with van der Waals surface area (Å²) in [5.74, 6) is -0.708. The molecule has 0 spiro atoms. The smallest absolute Gasteiger partial charge is 0.251 e. The Morgan fingerprint density at radius 2 is 1.90 bits per heavy atom. The van der Waals surface area contributed by atoms with Crippen LogP contribution in [0.4, 0.5) is 4.39 Å². The SMILES string of the molecule is CCC(NC(=O)c1ccc(Br)c(F)c1)c1ccc(C)cc1. The first-order valence-electron chi connectivity index (χ1n) is 6.83. The molecule has 1 atom stereocenters. The van der Waals surface area contributed by atoms with Crippen LogP contribution in [0.5, 0.6) is 0 Å². The Morgan fingerprint density at radius 1 is 1.24 bits per heavy atom. The molecule has 0 aliphatic rings. The summed E-state index contributed by atoms with van der Waals surface area (Å²) in [6.45, 7) is 4.03. The van der Waals surface area contributed by atoms with Crippen LogP contribution in [0.15, 0.2) is 46.9 Å². The zero-order valence-electron chi connectivity index (χ0n) is 12.0. The van der Waals surface area contributed by atoms with E-state index in [1.807, 2.05) is 38.1 Å². The molecule has 0 aliphatic carbocycles. The van der Waals surface area contributed by atoms with Gasteiger partial charge in [-0.2, -0.15) is 0 Å². The highest BCUT2D eigenvalue weighted by molar-refractivity contribution is 9.10. The second kappa shape index (κ2) is 6.85. The molecule has 2 nitrogen and oxygen atoms in total. The minimum atomic E-state index is -0.439. The van der Waals surface area contributed by atoms with Gasteiger partial charge in [0.25, 0.3) is 5.91 Å². The normalized spacial score (nSPS) is 12.0. The van der Waals surface area contributed by atoms with Crippen molar-refractivity contribution in [2.45, 2.75) is 26.3 Å². The lowest BCUT2D eigenvalue weighted by Crippen LogP contribution is -2.28. The minimum absolute atomic E-state index is 0.0789. The molecule has 110 valence electrons. The number of amides is 1. The van der Waals surface area contributed by atoms with Crippen LogP contribution in [0.2, 0.25) is 0 Å². The van der Waals surface area contributed by atoms with Gasteiger partial charge in [-0.25, -0.2) is 4.39 Å². The molecular weight excluding hydrogens is 333 g/mol. The van der Waals surface area contributed by atoms with E-state index in [0.29, 0.717) is 10.0 Å². The summed E-state index contributed by atoms with van der Waals surface area (Å²) < 4.78 is 13.9. The van der Waals surface area contributed by atoms with E-state index in [1.54, 1.807) is 6.07 Å². The lowest BCUT2D eigenvalue weighted by atomic mass is 10.0. The molecular formula is C17H17BrFNO. The summed E-state index contributed by atoms with van der Waals surface area (Å²) in [7, 11) is 0. The molecule has 1 unspecified atom stereocenters. The molecule has 0 aromatic heterocycles. The predicted octanol–water partition coefficient (Wildman–Crippen LogP) is 4.78. The van der Waals surface area contributed by atoms with Gasteiger partial charge in [0.1, 0.15) is 5.82 Å². The van der Waals surface area contributed by atoms with Crippen LogP contribution < -0.4 is 5.32 Å². The molecule has 2 rings (SSSR count). The maximum Gasteiger partial charge on any atom is 0.251 e. The van der Waals surface area contributed by atoms with Gasteiger partial charge in [-0.3, -0.25) is 4.79 Å². The van der Waals surface area contributed by atoms with E-state index in [0.717, 1.165) is 12.0 Å². The van der Waals surface area contributed by atoms with Crippen LogP contribution in [0.3, 0.4) is 0 Å². The monoisotopic (exact) mass is 349 g/mol. The largest absolute Gasteiger partial charge is 0.345 e. The second-order valence-corrected chi connectivity index (χ2v) is 5.83. The van der Waals surface area contributed by atoms with Crippen molar-refractivity contribution in [2.75, 3.05) is 0 Å². The zero-order chi connectivity index (χ0) is 15.4. The average Bonchev–Trinajstić information content (AvgIpc) is 2.48. The quantitative estimate of drug-likeness (QED) is 0.845. The Kier molecular flexibility index (Phi) is 5.12. The molecule has 0 fully saturated rings. The number of rotatable bonds is 4. The standard InChI is InChI=1S/C17H17BrFNO/c1-3-16(12-6-4-11(2)5-7-12)20-17(21)13-8-9-14(18)15(19)10-13/h4-10,16H,3H2,1-2H3,(H,20,21). The van der Waals surface area contributed by atoms with Crippen LogP contribution in [0.25, 0.3) is 0 Å². The van der Waals surface area contributed by atoms with Gasteiger partial charge in [-0.15, -0.1) is 0 Å². The number of nitrogens with one attached hydrogen (secondary N) is 1. The third-order valence-corrected chi connectivity index (χ3v) is 4.02. The maximum atomic E-state index is 13.5. The molecule has 0 bridgehead atoms. The van der Waals surface area contributed by atoms with Crippen molar-refractivity contribution in [1.82, 2.24) is 5.32 Å². The van der Waals surface area contributed by atoms with Gasteiger partial charge in [0, 0.05) is 5.56 Å². The number of benzene rings is 2. The Bertz CT molecular complexity index is 640. The summed E-state index contributed by atoms with van der Waals surface area (Å²) in [4.78, 5) is 12.2. The third-order valence-electron chi connectivity index (χ3n) is 3.38. The summed E-state index contributed by atoms with van der Waals surface area (Å²) >= 11 is 3.08. The summed E-state index contributed by atoms with van der Waals surface area (Å²) in [5, 5.41) is 2.94. The minimum Gasteiger partial charge on any atom is -0.345 e. The molecule has 21 heavy (non-hydrogen) atoms. The van der Waals surface area contributed by atoms with Crippen LogP contribution in [-0.4, -0.2) is 5.91 Å². The fourth-order valence-corrected chi connectivity index (χ4v) is 2.35. The number of halogens is 2. The van der Waals surface area contributed by atoms with Gasteiger partial charge in [0.2, 0.25) is 0 Å². The van der Waals surface area contributed by atoms with Crippen LogP contribution in [-0.2, 0) is 0 Å². The number of carbonyl (C=O) groups is 1. The zero-order valence-corrected chi connectivity index (χ0v) is 13.6. The average molecular weight is 350 g/mol. The molecule has 1 N–H and O–H groups in total. The molecule has 0 saturated heterocycles. The van der Waals surface area contributed by atoms with E-state index in [4.69, 9.17) is 0 Å². The molecule has 1 amide bonds. The van der Waals surface area contributed by atoms with E-state index >= 15 is 0 Å². The predicted molar refractivity (Wildman–Crippen MR) is 85.8 cm³/mol. The first kappa shape index (κ1) is 15.7. The summed E-state index contributed by atoms with van der Waals surface area (Å²) in [6.07, 6.45) is 0.772. The topological polar surface area (TPSA) is 29.1 Å². The highest BCUT2D eigenvalue weighted by atomic mass is 79.9. The van der Waals surface area contributed by atoms with Crippen molar-refractivity contribution in [2.24, 2.45) is 0 Å². The molecule has 0 radical (unpaired) electrons. The number of carbonyl (C=O) groups excluding carboxylic acids is 1. The molecule has 2 aromatic rings. The number of hydrogen-bond donors (Lipinski definition) is 1. The van der Waals surface area contributed by atoms with Gasteiger partial charge in [-0.05, 0) is 53.0 Å².